The van der Waals surface area contributed by atoms with Gasteiger partial charge in [0.1, 0.15) is 5.82 Å². The minimum Gasteiger partial charge on any atom is -0.329 e. The Hall–Kier alpha value is -1.69. The van der Waals surface area contributed by atoms with Crippen LogP contribution in [-0.4, -0.2) is 64.7 Å². The minimum absolute atomic E-state index is 0.757. The maximum Gasteiger partial charge on any atom is 0.123 e. The van der Waals surface area contributed by atoms with Crippen molar-refractivity contribution in [1.82, 2.24) is 24.7 Å². The summed E-state index contributed by atoms with van der Waals surface area (Å²) < 4.78 is 2.28. The van der Waals surface area contributed by atoms with Crippen LogP contribution in [0.4, 0.5) is 0 Å². The van der Waals surface area contributed by atoms with Gasteiger partial charge < -0.3 is 9.88 Å². The first-order valence-electron chi connectivity index (χ1n) is 9.09. The number of nitrogens with one attached hydrogen (secondary N) is 1. The summed E-state index contributed by atoms with van der Waals surface area (Å²) in [5.74, 6) is 1.18. The average Bonchev–Trinajstić information content (AvgIpc) is 3.29. The lowest BCUT2D eigenvalue weighted by Crippen LogP contribution is -2.50. The summed E-state index contributed by atoms with van der Waals surface area (Å²) in [5.41, 5.74) is 1.33. The first-order chi connectivity index (χ1) is 11.9. The molecule has 0 bridgehead atoms. The molecule has 0 saturated carbocycles. The Morgan fingerprint density at radius 1 is 1.04 bits per heavy atom. The number of rotatable bonds is 5. The number of hydrogen-bond donors (Lipinski definition) is 1. The van der Waals surface area contributed by atoms with E-state index in [0.29, 0.717) is 0 Å². The molecular weight excluding hydrogens is 298 g/mol. The number of nitrogens with zero attached hydrogens (tertiary/aromatic N) is 4. The first kappa shape index (κ1) is 15.8. The Kier molecular flexibility index (Phi) is 4.92. The Balaban J connectivity index is 1.33. The highest BCUT2D eigenvalue weighted by Crippen LogP contribution is 2.14. The van der Waals surface area contributed by atoms with Crippen molar-refractivity contribution in [3.63, 3.8) is 0 Å². The molecule has 1 N–H and O–H groups in total. The Morgan fingerprint density at radius 3 is 2.62 bits per heavy atom. The summed E-state index contributed by atoms with van der Waals surface area (Å²) in [7, 11) is 0. The zero-order chi connectivity index (χ0) is 16.2. The second-order valence-electron chi connectivity index (χ2n) is 6.92. The van der Waals surface area contributed by atoms with E-state index >= 15 is 0 Å². The molecule has 0 aliphatic carbocycles. The number of imidazole rings is 1. The van der Waals surface area contributed by atoms with Crippen molar-refractivity contribution < 1.29 is 0 Å². The van der Waals surface area contributed by atoms with Crippen molar-refractivity contribution in [2.24, 2.45) is 0 Å². The molecule has 2 aliphatic rings. The molecule has 2 aromatic rings. The minimum atomic E-state index is 0.757. The molecule has 3 heterocycles. The van der Waals surface area contributed by atoms with Gasteiger partial charge in [0.25, 0.3) is 0 Å². The van der Waals surface area contributed by atoms with Crippen LogP contribution in [0.2, 0.25) is 0 Å². The van der Waals surface area contributed by atoms with E-state index in [9.17, 15) is 0 Å². The van der Waals surface area contributed by atoms with E-state index in [0.717, 1.165) is 32.2 Å². The van der Waals surface area contributed by atoms with E-state index in [1.807, 2.05) is 6.20 Å². The lowest BCUT2D eigenvalue weighted by Gasteiger charge is -2.37. The maximum atomic E-state index is 4.60. The van der Waals surface area contributed by atoms with Gasteiger partial charge in [0.05, 0.1) is 6.54 Å². The van der Waals surface area contributed by atoms with Gasteiger partial charge in [0.2, 0.25) is 0 Å². The summed E-state index contributed by atoms with van der Waals surface area (Å²) in [4.78, 5) is 9.80. The zero-order valence-electron chi connectivity index (χ0n) is 14.3. The van der Waals surface area contributed by atoms with Crippen LogP contribution in [0.3, 0.4) is 0 Å². The van der Waals surface area contributed by atoms with Crippen molar-refractivity contribution >= 4 is 0 Å². The summed E-state index contributed by atoms with van der Waals surface area (Å²) in [5, 5.41) is 3.48. The van der Waals surface area contributed by atoms with Crippen molar-refractivity contribution in [2.75, 3.05) is 39.3 Å². The molecule has 1 unspecified atom stereocenters. The number of aromatic nitrogens is 2. The lowest BCUT2D eigenvalue weighted by molar-refractivity contribution is 0.0958. The van der Waals surface area contributed by atoms with Crippen LogP contribution in [0.5, 0.6) is 0 Å². The highest BCUT2D eigenvalue weighted by atomic mass is 15.3. The smallest absolute Gasteiger partial charge is 0.123 e. The van der Waals surface area contributed by atoms with E-state index < -0.39 is 0 Å². The van der Waals surface area contributed by atoms with Gasteiger partial charge in [-0.25, -0.2) is 4.98 Å². The van der Waals surface area contributed by atoms with E-state index in [1.54, 1.807) is 0 Å². The third-order valence-electron chi connectivity index (χ3n) is 5.32. The summed E-state index contributed by atoms with van der Waals surface area (Å²) >= 11 is 0. The molecule has 4 rings (SSSR count). The maximum absolute atomic E-state index is 4.60. The molecule has 1 aromatic carbocycles. The van der Waals surface area contributed by atoms with E-state index in [4.69, 9.17) is 0 Å². The van der Waals surface area contributed by atoms with Crippen LogP contribution in [0.25, 0.3) is 0 Å². The Labute approximate surface area is 144 Å². The standard InChI is InChI=1S/C19H27N5/c1-2-4-17(5-3-1)15-24-9-8-21-19(24)16-22-10-12-23(13-11-22)18-6-7-20-14-18/h1-5,8-9,18,20H,6-7,10-16H2. The van der Waals surface area contributed by atoms with E-state index in [2.05, 4.69) is 61.2 Å². The topological polar surface area (TPSA) is 36.3 Å². The zero-order valence-corrected chi connectivity index (χ0v) is 14.3. The van der Waals surface area contributed by atoms with Crippen LogP contribution < -0.4 is 5.32 Å². The molecule has 128 valence electrons. The highest BCUT2D eigenvalue weighted by molar-refractivity contribution is 5.15. The molecule has 5 heteroatoms. The van der Waals surface area contributed by atoms with Crippen molar-refractivity contribution in [1.29, 1.82) is 0 Å². The number of benzene rings is 1. The summed E-state index contributed by atoms with van der Waals surface area (Å²) in [6.45, 7) is 8.88. The molecule has 2 saturated heterocycles. The van der Waals surface area contributed by atoms with Crippen LogP contribution in [0, 0.1) is 0 Å². The van der Waals surface area contributed by atoms with E-state index in [1.165, 1.54) is 44.0 Å². The van der Waals surface area contributed by atoms with Gasteiger partial charge >= 0.3 is 0 Å². The molecule has 0 spiro atoms. The average molecular weight is 325 g/mol. The first-order valence-corrected chi connectivity index (χ1v) is 9.09. The van der Waals surface area contributed by atoms with Gasteiger partial charge in [-0.15, -0.1) is 0 Å². The molecule has 1 atom stereocenters. The fraction of sp³-hybridized carbons (Fsp3) is 0.526. The summed E-state index contributed by atoms with van der Waals surface area (Å²) in [6, 6.07) is 11.4. The van der Waals surface area contributed by atoms with Crippen molar-refractivity contribution in [3.05, 3.63) is 54.1 Å². The van der Waals surface area contributed by atoms with Gasteiger partial charge in [-0.2, -0.15) is 0 Å². The summed E-state index contributed by atoms with van der Waals surface area (Å²) in [6.07, 6.45) is 5.34. The molecule has 24 heavy (non-hydrogen) atoms. The predicted octanol–water partition coefficient (Wildman–Crippen LogP) is 1.41. The van der Waals surface area contributed by atoms with E-state index in [-0.39, 0.29) is 0 Å². The van der Waals surface area contributed by atoms with Crippen molar-refractivity contribution in [3.8, 4) is 0 Å². The van der Waals surface area contributed by atoms with Crippen LogP contribution in [0.1, 0.15) is 17.8 Å². The number of hydrogen-bond acceptors (Lipinski definition) is 4. The van der Waals surface area contributed by atoms with Gasteiger partial charge in [0, 0.05) is 57.7 Å². The van der Waals surface area contributed by atoms with Crippen LogP contribution in [-0.2, 0) is 13.1 Å². The molecule has 0 amide bonds. The molecule has 1 aromatic heterocycles. The van der Waals surface area contributed by atoms with Crippen LogP contribution >= 0.6 is 0 Å². The highest BCUT2D eigenvalue weighted by Gasteiger charge is 2.26. The van der Waals surface area contributed by atoms with Gasteiger partial charge in [-0.05, 0) is 18.5 Å². The number of piperazine rings is 1. The predicted molar refractivity (Wildman–Crippen MR) is 95.9 cm³/mol. The quantitative estimate of drug-likeness (QED) is 0.902. The molecule has 2 fully saturated rings. The van der Waals surface area contributed by atoms with Gasteiger partial charge in [-0.3, -0.25) is 9.80 Å². The second kappa shape index (κ2) is 7.47. The molecule has 2 aliphatic heterocycles. The third kappa shape index (κ3) is 3.69. The Morgan fingerprint density at radius 2 is 1.88 bits per heavy atom. The van der Waals surface area contributed by atoms with Gasteiger partial charge in [-0.1, -0.05) is 30.3 Å². The van der Waals surface area contributed by atoms with Crippen molar-refractivity contribution in [2.45, 2.75) is 25.6 Å². The molecule has 5 nitrogen and oxygen atoms in total. The normalized spacial score (nSPS) is 22.9. The third-order valence-corrected chi connectivity index (χ3v) is 5.32. The SMILES string of the molecule is c1ccc(Cn2ccnc2CN2CCN(C3CCNC3)CC2)cc1. The fourth-order valence-electron chi connectivity index (χ4n) is 3.85. The largest absolute Gasteiger partial charge is 0.329 e. The van der Waals surface area contributed by atoms with Crippen LogP contribution in [0.15, 0.2) is 42.7 Å². The second-order valence-corrected chi connectivity index (χ2v) is 6.92. The lowest BCUT2D eigenvalue weighted by atomic mass is 10.2. The fourth-order valence-corrected chi connectivity index (χ4v) is 3.85. The molecular formula is C19H27N5. The monoisotopic (exact) mass is 325 g/mol. The molecule has 0 radical (unpaired) electrons. The van der Waals surface area contributed by atoms with Gasteiger partial charge in [0.15, 0.2) is 0 Å². The Bertz CT molecular complexity index is 624.